The molecule has 0 amide bonds. The van der Waals surface area contributed by atoms with Gasteiger partial charge in [-0.1, -0.05) is 17.9 Å². The fraction of sp³-hybridized carbons (Fsp3) is 0.133. The Labute approximate surface area is 123 Å². The van der Waals surface area contributed by atoms with Crippen molar-refractivity contribution < 1.29 is 13.5 Å². The Balaban J connectivity index is 2.31. The van der Waals surface area contributed by atoms with Crippen molar-refractivity contribution in [2.45, 2.75) is 11.8 Å². The number of hydrogen-bond donors (Lipinski definition) is 2. The summed E-state index contributed by atoms with van der Waals surface area (Å²) in [5.41, 5.74) is 1.40. The normalized spacial score (nSPS) is 10.6. The van der Waals surface area contributed by atoms with Gasteiger partial charge in [-0.15, -0.1) is 0 Å². The van der Waals surface area contributed by atoms with Crippen molar-refractivity contribution in [2.24, 2.45) is 0 Å². The molecule has 0 bridgehead atoms. The third-order valence-corrected chi connectivity index (χ3v) is 4.07. The van der Waals surface area contributed by atoms with Crippen LogP contribution in [0.2, 0.25) is 0 Å². The first-order valence-corrected chi connectivity index (χ1v) is 7.65. The largest absolute Gasteiger partial charge is 0.384 e. The van der Waals surface area contributed by atoms with Crippen LogP contribution in [0, 0.1) is 18.8 Å². The molecular weight excluding hydrogens is 288 g/mol. The van der Waals surface area contributed by atoms with Gasteiger partial charge in [-0.2, -0.15) is 0 Å². The van der Waals surface area contributed by atoms with Gasteiger partial charge in [0.05, 0.1) is 4.90 Å². The molecule has 2 rings (SSSR count). The Hall–Kier alpha value is -2.36. The van der Waals surface area contributed by atoms with Crippen LogP contribution in [0.3, 0.4) is 0 Å². The number of nitrogens with zero attached hydrogens (tertiary/aromatic N) is 1. The van der Waals surface area contributed by atoms with Crippen LogP contribution in [-0.4, -0.2) is 25.1 Å². The molecule has 0 aliphatic heterocycles. The van der Waals surface area contributed by atoms with Crippen LogP contribution in [0.15, 0.2) is 47.5 Å². The third kappa shape index (κ3) is 3.81. The number of anilines is 1. The molecule has 0 aliphatic rings. The van der Waals surface area contributed by atoms with Gasteiger partial charge in [0, 0.05) is 11.8 Å². The van der Waals surface area contributed by atoms with Crippen molar-refractivity contribution in [3.05, 3.63) is 53.7 Å². The topological polar surface area (TPSA) is 79.3 Å². The van der Waals surface area contributed by atoms with Crippen molar-refractivity contribution in [1.82, 2.24) is 4.98 Å². The molecule has 0 saturated heterocycles. The van der Waals surface area contributed by atoms with Gasteiger partial charge in [0.1, 0.15) is 12.4 Å². The highest BCUT2D eigenvalue weighted by Gasteiger charge is 2.15. The zero-order chi connectivity index (χ0) is 15.3. The lowest BCUT2D eigenvalue weighted by atomic mass is 10.1. The maximum Gasteiger partial charge on any atom is 0.263 e. The number of aryl methyl sites for hydroxylation is 1. The number of nitrogens with one attached hydrogen (secondary N) is 1. The van der Waals surface area contributed by atoms with Gasteiger partial charge >= 0.3 is 0 Å². The lowest BCUT2D eigenvalue weighted by molar-refractivity contribution is 0.350. The summed E-state index contributed by atoms with van der Waals surface area (Å²) in [5.74, 6) is 5.56. The summed E-state index contributed by atoms with van der Waals surface area (Å²) in [6, 6.07) is 9.60. The van der Waals surface area contributed by atoms with Gasteiger partial charge in [0.25, 0.3) is 10.0 Å². The summed E-state index contributed by atoms with van der Waals surface area (Å²) in [6.07, 6.45) is 1.51. The van der Waals surface area contributed by atoms with E-state index in [4.69, 9.17) is 5.11 Å². The highest BCUT2D eigenvalue weighted by atomic mass is 32.2. The van der Waals surface area contributed by atoms with Crippen LogP contribution in [-0.2, 0) is 10.0 Å². The first kappa shape index (κ1) is 15.0. The van der Waals surface area contributed by atoms with Gasteiger partial charge < -0.3 is 5.11 Å². The Morgan fingerprint density at radius 2 is 2.10 bits per heavy atom. The molecule has 2 N–H and O–H groups in total. The van der Waals surface area contributed by atoms with Crippen molar-refractivity contribution in [2.75, 3.05) is 11.3 Å². The van der Waals surface area contributed by atoms with E-state index in [1.165, 1.54) is 18.3 Å². The average Bonchev–Trinajstić information content (AvgIpc) is 2.46. The third-order valence-electron chi connectivity index (χ3n) is 2.71. The molecule has 2 aromatic rings. The number of rotatable bonds is 3. The van der Waals surface area contributed by atoms with Crippen LogP contribution in [0.1, 0.15) is 11.1 Å². The number of aromatic nitrogens is 1. The lowest BCUT2D eigenvalue weighted by Crippen LogP contribution is -2.14. The zero-order valence-electron chi connectivity index (χ0n) is 11.4. The number of aliphatic hydroxyl groups excluding tert-OH is 1. The standard InChI is InChI=1S/C15H14N2O3S/c1-12-11-14(8-7-13(12)5-4-10-18)21(19,20)17-15-6-2-3-9-16-15/h2-3,6-9,11,18H,10H2,1H3,(H,16,17). The molecule has 1 aromatic carbocycles. The predicted molar refractivity (Wildman–Crippen MR) is 80.2 cm³/mol. The van der Waals surface area contributed by atoms with E-state index in [2.05, 4.69) is 21.5 Å². The number of sulfonamides is 1. The monoisotopic (exact) mass is 302 g/mol. The summed E-state index contributed by atoms with van der Waals surface area (Å²) in [4.78, 5) is 4.07. The van der Waals surface area contributed by atoms with Gasteiger partial charge in [-0.25, -0.2) is 13.4 Å². The van der Waals surface area contributed by atoms with E-state index >= 15 is 0 Å². The summed E-state index contributed by atoms with van der Waals surface area (Å²) in [7, 11) is -3.68. The van der Waals surface area contributed by atoms with E-state index in [1.54, 1.807) is 31.2 Å². The maximum atomic E-state index is 12.3. The number of pyridine rings is 1. The van der Waals surface area contributed by atoms with Crippen LogP contribution < -0.4 is 4.72 Å². The van der Waals surface area contributed by atoms with Crippen LogP contribution >= 0.6 is 0 Å². The molecule has 0 spiro atoms. The summed E-state index contributed by atoms with van der Waals surface area (Å²) < 4.78 is 26.9. The molecule has 6 heteroatoms. The van der Waals surface area contributed by atoms with Crippen molar-refractivity contribution in [3.8, 4) is 11.8 Å². The zero-order valence-corrected chi connectivity index (χ0v) is 12.2. The Morgan fingerprint density at radius 3 is 2.71 bits per heavy atom. The molecular formula is C15H14N2O3S. The first-order valence-electron chi connectivity index (χ1n) is 6.17. The van der Waals surface area contributed by atoms with E-state index < -0.39 is 10.0 Å². The minimum Gasteiger partial charge on any atom is -0.384 e. The lowest BCUT2D eigenvalue weighted by Gasteiger charge is -2.08. The Morgan fingerprint density at radius 1 is 1.29 bits per heavy atom. The second kappa shape index (κ2) is 6.39. The quantitative estimate of drug-likeness (QED) is 0.843. The predicted octanol–water partition coefficient (Wildman–Crippen LogP) is 1.53. The number of aliphatic hydroxyl groups is 1. The molecule has 0 atom stereocenters. The smallest absolute Gasteiger partial charge is 0.263 e. The van der Waals surface area contributed by atoms with E-state index in [0.29, 0.717) is 5.56 Å². The van der Waals surface area contributed by atoms with Crippen molar-refractivity contribution in [1.29, 1.82) is 0 Å². The molecule has 1 heterocycles. The molecule has 0 radical (unpaired) electrons. The Kier molecular flexibility index (Phi) is 4.58. The highest BCUT2D eigenvalue weighted by molar-refractivity contribution is 7.92. The maximum absolute atomic E-state index is 12.3. The number of benzene rings is 1. The van der Waals surface area contributed by atoms with Gasteiger partial charge in [0.15, 0.2) is 0 Å². The molecule has 5 nitrogen and oxygen atoms in total. The minimum atomic E-state index is -3.68. The minimum absolute atomic E-state index is 0.139. The van der Waals surface area contributed by atoms with Gasteiger partial charge in [-0.05, 0) is 42.8 Å². The van der Waals surface area contributed by atoms with Crippen LogP contribution in [0.4, 0.5) is 5.82 Å². The molecule has 0 saturated carbocycles. The second-order valence-electron chi connectivity index (χ2n) is 4.26. The first-order chi connectivity index (χ1) is 10.0. The van der Waals surface area contributed by atoms with Crippen LogP contribution in [0.25, 0.3) is 0 Å². The molecule has 1 aromatic heterocycles. The highest BCUT2D eigenvalue weighted by Crippen LogP contribution is 2.17. The van der Waals surface area contributed by atoms with Gasteiger partial charge in [0.2, 0.25) is 0 Å². The Bertz CT molecular complexity index is 791. The van der Waals surface area contributed by atoms with E-state index in [9.17, 15) is 8.42 Å². The summed E-state index contributed by atoms with van der Waals surface area (Å²) in [6.45, 7) is 1.53. The summed E-state index contributed by atoms with van der Waals surface area (Å²) in [5, 5.41) is 8.68. The SMILES string of the molecule is Cc1cc(S(=O)(=O)Nc2ccccn2)ccc1C#CCO. The molecule has 0 fully saturated rings. The second-order valence-corrected chi connectivity index (χ2v) is 5.94. The van der Waals surface area contributed by atoms with E-state index in [-0.39, 0.29) is 17.3 Å². The fourth-order valence-electron chi connectivity index (χ4n) is 1.70. The molecule has 108 valence electrons. The number of hydrogen-bond acceptors (Lipinski definition) is 4. The van der Waals surface area contributed by atoms with Crippen LogP contribution in [0.5, 0.6) is 0 Å². The fourth-order valence-corrected chi connectivity index (χ4v) is 2.79. The van der Waals surface area contributed by atoms with E-state index in [1.807, 2.05) is 0 Å². The van der Waals surface area contributed by atoms with E-state index in [0.717, 1.165) is 5.56 Å². The van der Waals surface area contributed by atoms with Gasteiger partial charge in [-0.3, -0.25) is 4.72 Å². The van der Waals surface area contributed by atoms with Crippen molar-refractivity contribution >= 4 is 15.8 Å². The van der Waals surface area contributed by atoms with Crippen molar-refractivity contribution in [3.63, 3.8) is 0 Å². The molecule has 0 aliphatic carbocycles. The average molecular weight is 302 g/mol. The molecule has 21 heavy (non-hydrogen) atoms. The molecule has 0 unspecified atom stereocenters. The summed E-state index contributed by atoms with van der Waals surface area (Å²) >= 11 is 0.